The topological polar surface area (TPSA) is 92.6 Å². The Bertz CT molecular complexity index is 1380. The monoisotopic (exact) mass is 436 g/mol. The van der Waals surface area contributed by atoms with E-state index < -0.39 is 0 Å². The number of imidazole rings is 1. The Balaban J connectivity index is 1.55. The summed E-state index contributed by atoms with van der Waals surface area (Å²) in [6.07, 6.45) is 1.59. The summed E-state index contributed by atoms with van der Waals surface area (Å²) in [5.41, 5.74) is 4.04. The molecule has 0 bridgehead atoms. The van der Waals surface area contributed by atoms with Crippen LogP contribution in [-0.2, 0) is 13.6 Å². The molecule has 2 aliphatic rings. The number of hydrogen-bond donors (Lipinski definition) is 1. The van der Waals surface area contributed by atoms with Crippen molar-refractivity contribution in [1.29, 1.82) is 0 Å². The molecule has 0 amide bonds. The van der Waals surface area contributed by atoms with Crippen molar-refractivity contribution in [3.8, 4) is 22.8 Å². The van der Waals surface area contributed by atoms with Crippen molar-refractivity contribution in [2.45, 2.75) is 26.3 Å². The van der Waals surface area contributed by atoms with E-state index in [1.54, 1.807) is 30.6 Å². The van der Waals surface area contributed by atoms with Gasteiger partial charge < -0.3 is 20.0 Å². The van der Waals surface area contributed by atoms with Crippen molar-refractivity contribution in [1.82, 2.24) is 19.2 Å². The van der Waals surface area contributed by atoms with E-state index in [1.807, 2.05) is 17.7 Å². The first kappa shape index (κ1) is 18.9. The summed E-state index contributed by atoms with van der Waals surface area (Å²) < 4.78 is 31.3. The summed E-state index contributed by atoms with van der Waals surface area (Å²) in [5.74, 6) is 2.12. The zero-order valence-electron chi connectivity index (χ0n) is 17.8. The summed E-state index contributed by atoms with van der Waals surface area (Å²) >= 11 is 0. The average Bonchev–Trinajstić information content (AvgIpc) is 3.48. The maximum absolute atomic E-state index is 14.7. The Morgan fingerprint density at radius 3 is 2.75 bits per heavy atom. The van der Waals surface area contributed by atoms with Crippen molar-refractivity contribution < 1.29 is 18.6 Å². The second-order valence-electron chi connectivity index (χ2n) is 8.24. The molecule has 164 valence electrons. The molecule has 0 spiro atoms. The Labute approximate surface area is 182 Å². The van der Waals surface area contributed by atoms with Crippen LogP contribution in [0.4, 0.5) is 10.2 Å². The molecule has 1 N–H and O–H groups in total. The maximum atomic E-state index is 14.7. The first-order chi connectivity index (χ1) is 15.5. The Morgan fingerprint density at radius 1 is 1.22 bits per heavy atom. The third kappa shape index (κ3) is 2.46. The van der Waals surface area contributed by atoms with E-state index in [9.17, 15) is 9.60 Å². The molecule has 0 aliphatic carbocycles. The van der Waals surface area contributed by atoms with Gasteiger partial charge in [-0.3, -0.25) is 4.40 Å². The Hall–Kier alpha value is -3.82. The van der Waals surface area contributed by atoms with Crippen LogP contribution in [0.2, 0.25) is 0 Å². The number of fused-ring (bicyclic) bond motifs is 3. The first-order valence-corrected chi connectivity index (χ1v) is 10.4. The largest absolute Gasteiger partial charge is 0.711 e. The van der Waals surface area contributed by atoms with E-state index in [-0.39, 0.29) is 18.3 Å². The molecule has 0 radical (unpaired) electrons. The number of anilines is 1. The molecule has 6 rings (SSSR count). The van der Waals surface area contributed by atoms with Crippen molar-refractivity contribution in [3.63, 3.8) is 0 Å². The minimum atomic E-state index is -0.276. The van der Waals surface area contributed by atoms with Gasteiger partial charge in [-0.25, -0.2) is 13.7 Å². The first-order valence-electron chi connectivity index (χ1n) is 10.4. The molecule has 32 heavy (non-hydrogen) atoms. The third-order valence-electron chi connectivity index (χ3n) is 6.54. The molecular weight excluding hydrogens is 415 g/mol. The fraction of sp³-hybridized carbons (Fsp3) is 0.318. The summed E-state index contributed by atoms with van der Waals surface area (Å²) in [7, 11) is 1.84. The van der Waals surface area contributed by atoms with Gasteiger partial charge in [-0.1, -0.05) is 0 Å². The summed E-state index contributed by atoms with van der Waals surface area (Å²) in [4.78, 5) is 0. The lowest BCUT2D eigenvalue weighted by molar-refractivity contribution is -0.618. The van der Waals surface area contributed by atoms with Crippen LogP contribution in [0.15, 0.2) is 24.5 Å². The average molecular weight is 436 g/mol. The second-order valence-corrected chi connectivity index (χ2v) is 8.24. The van der Waals surface area contributed by atoms with Crippen LogP contribution in [0.1, 0.15) is 28.6 Å². The second kappa shape index (κ2) is 6.59. The van der Waals surface area contributed by atoms with Crippen LogP contribution in [0.3, 0.4) is 0 Å². The van der Waals surface area contributed by atoms with Gasteiger partial charge in [0.15, 0.2) is 28.6 Å². The molecule has 1 aromatic carbocycles. The molecule has 0 saturated heterocycles. The normalized spacial score (nSPS) is 16.9. The van der Waals surface area contributed by atoms with E-state index in [0.29, 0.717) is 53.3 Å². The van der Waals surface area contributed by atoms with E-state index in [1.165, 1.54) is 6.07 Å². The number of hydrogen-bond acceptors (Lipinski definition) is 6. The quantitative estimate of drug-likeness (QED) is 0.364. The minimum Gasteiger partial charge on any atom is -0.711 e. The molecular formula is C22H21FN6O3. The molecule has 9 nitrogen and oxygen atoms in total. The van der Waals surface area contributed by atoms with E-state index in [4.69, 9.17) is 9.47 Å². The number of pyridine rings is 1. The number of nitrogens with one attached hydrogen (secondary N) is 1. The molecule has 0 fully saturated rings. The van der Waals surface area contributed by atoms with Crippen LogP contribution >= 0.6 is 0 Å². The zero-order chi connectivity index (χ0) is 22.1. The van der Waals surface area contributed by atoms with Crippen molar-refractivity contribution in [2.75, 3.05) is 18.5 Å². The van der Waals surface area contributed by atoms with Gasteiger partial charge in [0, 0.05) is 31.5 Å². The van der Waals surface area contributed by atoms with E-state index in [0.717, 1.165) is 21.6 Å². The lowest BCUT2D eigenvalue weighted by Crippen LogP contribution is -2.30. The van der Waals surface area contributed by atoms with Gasteiger partial charge >= 0.3 is 0 Å². The van der Waals surface area contributed by atoms with Gasteiger partial charge in [0.2, 0.25) is 0 Å². The van der Waals surface area contributed by atoms with Gasteiger partial charge in [0.25, 0.3) is 5.82 Å². The number of halogens is 1. The standard InChI is InChI=1S/C22H21FN6O3/c1-11-20(27(3)12(2)29(11)30)14-6-18-22(28-10-25-26-21(14)28)24-7-15-16(23)4-5-17-19(15)13(8-31-17)9-32-18/h4-6,10,13,24H,7-9H2,1-3H3/t13-/m1/s1. The van der Waals surface area contributed by atoms with Crippen LogP contribution in [0, 0.1) is 24.9 Å². The lowest BCUT2D eigenvalue weighted by Gasteiger charge is -2.16. The highest BCUT2D eigenvalue weighted by Gasteiger charge is 2.32. The molecule has 0 unspecified atom stereocenters. The van der Waals surface area contributed by atoms with E-state index >= 15 is 0 Å². The highest BCUT2D eigenvalue weighted by molar-refractivity contribution is 5.81. The number of benzene rings is 1. The number of nitrogens with zero attached hydrogens (tertiary/aromatic N) is 5. The third-order valence-corrected chi connectivity index (χ3v) is 6.54. The van der Waals surface area contributed by atoms with Gasteiger partial charge in [0.1, 0.15) is 17.9 Å². The predicted molar refractivity (Wildman–Crippen MR) is 113 cm³/mol. The molecule has 10 heteroatoms. The van der Waals surface area contributed by atoms with Crippen LogP contribution in [-0.4, -0.2) is 32.4 Å². The van der Waals surface area contributed by atoms with Gasteiger partial charge in [-0.2, -0.15) is 0 Å². The summed E-state index contributed by atoms with van der Waals surface area (Å²) in [5, 5.41) is 24.2. The smallest absolute Gasteiger partial charge is 0.256 e. The number of rotatable bonds is 1. The minimum absolute atomic E-state index is 0.0775. The van der Waals surface area contributed by atoms with E-state index in [2.05, 4.69) is 15.5 Å². The Morgan fingerprint density at radius 2 is 2.00 bits per heavy atom. The van der Waals surface area contributed by atoms with Gasteiger partial charge in [-0.15, -0.1) is 10.2 Å². The van der Waals surface area contributed by atoms with Crippen LogP contribution in [0.5, 0.6) is 11.5 Å². The summed E-state index contributed by atoms with van der Waals surface area (Å²) in [6.45, 7) is 4.58. The molecule has 0 saturated carbocycles. The van der Waals surface area contributed by atoms with Crippen molar-refractivity contribution >= 4 is 11.5 Å². The molecule has 4 aromatic rings. The lowest BCUT2D eigenvalue weighted by atomic mass is 9.96. The van der Waals surface area contributed by atoms with Gasteiger partial charge in [-0.05, 0) is 18.2 Å². The molecule has 5 heterocycles. The highest BCUT2D eigenvalue weighted by Crippen LogP contribution is 2.42. The fourth-order valence-electron chi connectivity index (χ4n) is 4.81. The Kier molecular flexibility index (Phi) is 3.89. The molecule has 1 atom stereocenters. The summed E-state index contributed by atoms with van der Waals surface area (Å²) in [6, 6.07) is 4.99. The van der Waals surface area contributed by atoms with Crippen molar-refractivity contribution in [3.05, 3.63) is 58.2 Å². The zero-order valence-corrected chi connectivity index (χ0v) is 17.8. The van der Waals surface area contributed by atoms with Crippen molar-refractivity contribution in [2.24, 2.45) is 7.05 Å². The SMILES string of the molecule is Cc1c(-c2cc3c(n4cnnc24)NCc2c(F)ccc4c2[C@H](CO4)CO3)n(C)c(C)[n+]1[O-]. The highest BCUT2D eigenvalue weighted by atomic mass is 19.1. The van der Waals surface area contributed by atoms with Gasteiger partial charge in [0.05, 0.1) is 31.7 Å². The molecule has 2 aliphatic heterocycles. The molecule has 3 aromatic heterocycles. The van der Waals surface area contributed by atoms with Crippen LogP contribution in [0.25, 0.3) is 16.9 Å². The predicted octanol–water partition coefficient (Wildman–Crippen LogP) is 2.60. The van der Waals surface area contributed by atoms with Crippen LogP contribution < -0.4 is 19.5 Å². The fourth-order valence-corrected chi connectivity index (χ4v) is 4.81. The maximum Gasteiger partial charge on any atom is 0.256 e. The number of aromatic nitrogens is 5. The number of ether oxygens (including phenoxy) is 2.